The summed E-state index contributed by atoms with van der Waals surface area (Å²) in [7, 11) is 0. The molecule has 2 aliphatic rings. The van der Waals surface area contributed by atoms with Gasteiger partial charge in [0, 0.05) is 12.1 Å². The maximum atomic E-state index is 14.1. The van der Waals surface area contributed by atoms with Crippen LogP contribution in [0.25, 0.3) is 0 Å². The first-order valence-electron chi connectivity index (χ1n) is 9.62. The Morgan fingerprint density at radius 2 is 0.846 bits per heavy atom. The van der Waals surface area contributed by atoms with Gasteiger partial charge in [0.1, 0.15) is 0 Å². The molecule has 0 aromatic heterocycles. The SMILES string of the molecule is O=C(NC1CCCCCC1)C(F)(F)C(F)(F)C(=O)NC1CCCCCC1. The zero-order valence-corrected chi connectivity index (χ0v) is 15.0. The third-order valence-corrected chi connectivity index (χ3v) is 5.35. The molecule has 2 amide bonds. The quantitative estimate of drug-likeness (QED) is 0.561. The lowest BCUT2D eigenvalue weighted by atomic mass is 10.0. The van der Waals surface area contributed by atoms with Gasteiger partial charge >= 0.3 is 11.8 Å². The second-order valence-electron chi connectivity index (χ2n) is 7.47. The zero-order valence-electron chi connectivity index (χ0n) is 15.0. The van der Waals surface area contributed by atoms with E-state index in [4.69, 9.17) is 0 Å². The lowest BCUT2D eigenvalue weighted by Crippen LogP contribution is -2.61. The van der Waals surface area contributed by atoms with Crippen LogP contribution in [0.3, 0.4) is 0 Å². The molecule has 2 N–H and O–H groups in total. The van der Waals surface area contributed by atoms with Gasteiger partial charge in [0.2, 0.25) is 0 Å². The number of nitrogens with one attached hydrogen (secondary N) is 2. The Labute approximate surface area is 151 Å². The molecule has 2 fully saturated rings. The molecule has 0 radical (unpaired) electrons. The Morgan fingerprint density at radius 1 is 0.577 bits per heavy atom. The number of carbonyl (C=O) groups excluding carboxylic acids is 2. The summed E-state index contributed by atoms with van der Waals surface area (Å²) in [5.74, 6) is -14.3. The van der Waals surface area contributed by atoms with Gasteiger partial charge in [-0.3, -0.25) is 9.59 Å². The molecule has 2 aliphatic carbocycles. The first kappa shape index (κ1) is 21.0. The van der Waals surface area contributed by atoms with Crippen molar-refractivity contribution in [3.63, 3.8) is 0 Å². The Balaban J connectivity index is 1.98. The summed E-state index contributed by atoms with van der Waals surface area (Å²) in [6.45, 7) is 0. The highest BCUT2D eigenvalue weighted by molar-refractivity contribution is 5.95. The maximum absolute atomic E-state index is 14.1. The van der Waals surface area contributed by atoms with Crippen LogP contribution in [0.1, 0.15) is 77.0 Å². The maximum Gasteiger partial charge on any atom is 0.395 e. The number of halogens is 4. The van der Waals surface area contributed by atoms with Crippen molar-refractivity contribution in [3.8, 4) is 0 Å². The van der Waals surface area contributed by atoms with Crippen LogP contribution in [0, 0.1) is 0 Å². The van der Waals surface area contributed by atoms with E-state index >= 15 is 0 Å². The van der Waals surface area contributed by atoms with Crippen LogP contribution in [0.15, 0.2) is 0 Å². The van der Waals surface area contributed by atoms with E-state index in [9.17, 15) is 27.2 Å². The van der Waals surface area contributed by atoms with Crippen molar-refractivity contribution in [2.45, 2.75) is 101 Å². The molecule has 2 saturated carbocycles. The van der Waals surface area contributed by atoms with Crippen molar-refractivity contribution in [2.75, 3.05) is 0 Å². The molecule has 0 spiro atoms. The first-order chi connectivity index (χ1) is 12.2. The van der Waals surface area contributed by atoms with E-state index < -0.39 is 35.7 Å². The van der Waals surface area contributed by atoms with Crippen LogP contribution in [-0.4, -0.2) is 35.7 Å². The fourth-order valence-electron chi connectivity index (χ4n) is 3.68. The number of hydrogen-bond acceptors (Lipinski definition) is 2. The molecule has 26 heavy (non-hydrogen) atoms. The minimum atomic E-state index is -5.08. The van der Waals surface area contributed by atoms with Gasteiger partial charge in [0.05, 0.1) is 0 Å². The Hall–Kier alpha value is -1.34. The lowest BCUT2D eigenvalue weighted by molar-refractivity contribution is -0.212. The Kier molecular flexibility index (Phi) is 7.29. The number of amides is 2. The van der Waals surface area contributed by atoms with Gasteiger partial charge in [-0.15, -0.1) is 0 Å². The van der Waals surface area contributed by atoms with Crippen LogP contribution in [0.2, 0.25) is 0 Å². The molecule has 0 atom stereocenters. The largest absolute Gasteiger partial charge is 0.395 e. The third kappa shape index (κ3) is 5.10. The molecular weight excluding hydrogens is 352 g/mol. The molecule has 150 valence electrons. The highest BCUT2D eigenvalue weighted by atomic mass is 19.3. The second kappa shape index (κ2) is 9.04. The number of rotatable bonds is 5. The van der Waals surface area contributed by atoms with Gasteiger partial charge < -0.3 is 10.6 Å². The minimum Gasteiger partial charge on any atom is -0.348 e. The summed E-state index contributed by atoms with van der Waals surface area (Å²) in [5, 5.41) is 4.05. The van der Waals surface area contributed by atoms with Crippen molar-refractivity contribution in [2.24, 2.45) is 0 Å². The van der Waals surface area contributed by atoms with Crippen molar-refractivity contribution in [3.05, 3.63) is 0 Å². The Bertz CT molecular complexity index is 440. The fourth-order valence-corrected chi connectivity index (χ4v) is 3.68. The summed E-state index contributed by atoms with van der Waals surface area (Å²) in [4.78, 5) is 23.6. The normalized spacial score (nSPS) is 21.5. The molecule has 2 rings (SSSR count). The molecule has 0 bridgehead atoms. The van der Waals surface area contributed by atoms with Gasteiger partial charge in [-0.1, -0.05) is 51.4 Å². The zero-order chi connectivity index (χ0) is 19.2. The van der Waals surface area contributed by atoms with Gasteiger partial charge in [-0.05, 0) is 25.7 Å². The van der Waals surface area contributed by atoms with Crippen molar-refractivity contribution in [1.82, 2.24) is 10.6 Å². The predicted molar refractivity (Wildman–Crippen MR) is 89.2 cm³/mol. The summed E-state index contributed by atoms with van der Waals surface area (Å²) >= 11 is 0. The summed E-state index contributed by atoms with van der Waals surface area (Å²) in [6.07, 6.45) is 8.72. The third-order valence-electron chi connectivity index (χ3n) is 5.35. The molecule has 0 heterocycles. The molecule has 4 nitrogen and oxygen atoms in total. The molecular formula is C18H28F4N2O2. The van der Waals surface area contributed by atoms with E-state index in [0.29, 0.717) is 25.7 Å². The van der Waals surface area contributed by atoms with Crippen LogP contribution in [-0.2, 0) is 9.59 Å². The highest BCUT2D eigenvalue weighted by Gasteiger charge is 2.67. The second-order valence-corrected chi connectivity index (χ2v) is 7.47. The summed E-state index contributed by atoms with van der Waals surface area (Å²) in [6, 6.07) is -1.09. The monoisotopic (exact) mass is 380 g/mol. The van der Waals surface area contributed by atoms with Gasteiger partial charge in [0.15, 0.2) is 0 Å². The average molecular weight is 380 g/mol. The van der Waals surface area contributed by atoms with Gasteiger partial charge in [-0.2, -0.15) is 17.6 Å². The van der Waals surface area contributed by atoms with E-state index in [0.717, 1.165) is 51.4 Å². The van der Waals surface area contributed by atoms with Crippen molar-refractivity contribution >= 4 is 11.8 Å². The highest BCUT2D eigenvalue weighted by Crippen LogP contribution is 2.35. The molecule has 0 aliphatic heterocycles. The molecule has 0 saturated heterocycles. The standard InChI is InChI=1S/C18H28F4N2O2/c19-17(20,15(25)23-13-9-5-1-2-6-10-13)18(21,22)16(26)24-14-11-7-3-4-8-12-14/h13-14H,1-12H2,(H,23,25)(H,24,26). The van der Waals surface area contributed by atoms with E-state index in [1.54, 1.807) is 0 Å². The van der Waals surface area contributed by atoms with E-state index in [1.165, 1.54) is 0 Å². The van der Waals surface area contributed by atoms with Crippen LogP contribution in [0.4, 0.5) is 17.6 Å². The molecule has 0 aromatic carbocycles. The fraction of sp³-hybridized carbons (Fsp3) is 0.889. The Morgan fingerprint density at radius 3 is 1.12 bits per heavy atom. The summed E-state index contributed by atoms with van der Waals surface area (Å²) in [5.41, 5.74) is 0. The smallest absolute Gasteiger partial charge is 0.348 e. The lowest BCUT2D eigenvalue weighted by Gasteiger charge is -2.28. The average Bonchev–Trinajstić information content (AvgIpc) is 2.99. The number of carbonyl (C=O) groups is 2. The molecule has 8 heteroatoms. The number of alkyl halides is 4. The van der Waals surface area contributed by atoms with Gasteiger partial charge in [-0.25, -0.2) is 0 Å². The van der Waals surface area contributed by atoms with Crippen molar-refractivity contribution < 1.29 is 27.2 Å². The predicted octanol–water partition coefficient (Wildman–Crippen LogP) is 3.94. The van der Waals surface area contributed by atoms with E-state index in [1.807, 2.05) is 10.6 Å². The molecule has 0 aromatic rings. The van der Waals surface area contributed by atoms with Gasteiger partial charge in [0.25, 0.3) is 11.8 Å². The minimum absolute atomic E-state index is 0.488. The first-order valence-corrected chi connectivity index (χ1v) is 9.62. The van der Waals surface area contributed by atoms with Crippen LogP contribution in [0.5, 0.6) is 0 Å². The topological polar surface area (TPSA) is 58.2 Å². The summed E-state index contributed by atoms with van der Waals surface area (Å²) < 4.78 is 56.5. The van der Waals surface area contributed by atoms with Crippen LogP contribution >= 0.6 is 0 Å². The van der Waals surface area contributed by atoms with E-state index in [-0.39, 0.29) is 0 Å². The van der Waals surface area contributed by atoms with Crippen molar-refractivity contribution in [1.29, 1.82) is 0 Å². The number of hydrogen-bond donors (Lipinski definition) is 2. The van der Waals surface area contributed by atoms with Crippen LogP contribution < -0.4 is 10.6 Å². The molecule has 0 unspecified atom stereocenters. The van der Waals surface area contributed by atoms with E-state index in [2.05, 4.69) is 0 Å².